The van der Waals surface area contributed by atoms with Crippen LogP contribution >= 0.6 is 11.3 Å². The Kier molecular flexibility index (Phi) is 4.14. The summed E-state index contributed by atoms with van der Waals surface area (Å²) in [6, 6.07) is 0. The van der Waals surface area contributed by atoms with Gasteiger partial charge >= 0.3 is 5.97 Å². The maximum atomic E-state index is 13.1. The third kappa shape index (κ3) is 2.34. The van der Waals surface area contributed by atoms with E-state index in [0.29, 0.717) is 10.6 Å². The second-order valence-electron chi connectivity index (χ2n) is 5.76. The lowest BCUT2D eigenvalue weighted by Gasteiger charge is -2.25. The second kappa shape index (κ2) is 5.96. The van der Waals surface area contributed by atoms with Gasteiger partial charge in [0.2, 0.25) is 5.78 Å². The quantitative estimate of drug-likeness (QED) is 0.483. The van der Waals surface area contributed by atoms with E-state index in [4.69, 9.17) is 4.74 Å². The molecule has 2 aliphatic rings. The van der Waals surface area contributed by atoms with Crippen LogP contribution in [0, 0.1) is 0 Å². The van der Waals surface area contributed by atoms with Crippen molar-refractivity contribution in [3.05, 3.63) is 16.0 Å². The standard InChI is InChI=1S/C16H18N2O4S/c1-3-22-15(21)16(9(2)19)13(20)12-10-7-5-4-6-8-11(10)23-14(12)17-18-16/h3-8H2,1-2H3. The molecule has 1 atom stereocenters. The molecule has 2 heterocycles. The van der Waals surface area contributed by atoms with Crippen LogP contribution in [0.25, 0.3) is 0 Å². The predicted molar refractivity (Wildman–Crippen MR) is 84.5 cm³/mol. The fraction of sp³-hybridized carbons (Fsp3) is 0.562. The van der Waals surface area contributed by atoms with E-state index in [1.165, 1.54) is 18.3 Å². The Labute approximate surface area is 137 Å². The molecule has 1 aliphatic heterocycles. The molecule has 0 saturated heterocycles. The number of esters is 1. The van der Waals surface area contributed by atoms with Crippen LogP contribution in [0.2, 0.25) is 0 Å². The number of Topliss-reactive ketones (excluding diaryl/α,β-unsaturated/α-hetero) is 2. The number of aryl methyl sites for hydroxylation is 1. The van der Waals surface area contributed by atoms with E-state index in [2.05, 4.69) is 10.2 Å². The molecule has 0 amide bonds. The molecule has 0 aromatic carbocycles. The number of ketones is 2. The van der Waals surface area contributed by atoms with Gasteiger partial charge in [-0.1, -0.05) is 6.42 Å². The number of carbonyl (C=O) groups excluding carboxylic acids is 3. The molecule has 7 heteroatoms. The van der Waals surface area contributed by atoms with Crippen molar-refractivity contribution < 1.29 is 19.1 Å². The van der Waals surface area contributed by atoms with Crippen molar-refractivity contribution in [3.8, 4) is 0 Å². The van der Waals surface area contributed by atoms with Crippen molar-refractivity contribution in [1.29, 1.82) is 0 Å². The number of thiophene rings is 1. The van der Waals surface area contributed by atoms with E-state index in [1.54, 1.807) is 6.92 Å². The highest BCUT2D eigenvalue weighted by Crippen LogP contribution is 2.45. The molecule has 23 heavy (non-hydrogen) atoms. The first-order valence-corrected chi connectivity index (χ1v) is 8.64. The normalized spacial score (nSPS) is 23.0. The van der Waals surface area contributed by atoms with Crippen LogP contribution in [-0.4, -0.2) is 29.7 Å². The molecule has 0 saturated carbocycles. The summed E-state index contributed by atoms with van der Waals surface area (Å²) in [7, 11) is 0. The minimum Gasteiger partial charge on any atom is -0.463 e. The largest absolute Gasteiger partial charge is 0.463 e. The lowest BCUT2D eigenvalue weighted by Crippen LogP contribution is -2.52. The van der Waals surface area contributed by atoms with E-state index >= 15 is 0 Å². The van der Waals surface area contributed by atoms with Gasteiger partial charge in [-0.3, -0.25) is 9.59 Å². The van der Waals surface area contributed by atoms with Crippen molar-refractivity contribution >= 4 is 33.9 Å². The van der Waals surface area contributed by atoms with Crippen molar-refractivity contribution in [1.82, 2.24) is 0 Å². The van der Waals surface area contributed by atoms with Crippen molar-refractivity contribution in [3.63, 3.8) is 0 Å². The van der Waals surface area contributed by atoms with Gasteiger partial charge in [0, 0.05) is 4.88 Å². The SMILES string of the molecule is CCOC(=O)C1(C(C)=O)N=Nc2sc3c(c2C1=O)CCCCC3. The number of hydrogen-bond acceptors (Lipinski definition) is 7. The fourth-order valence-electron chi connectivity index (χ4n) is 3.12. The van der Waals surface area contributed by atoms with Gasteiger partial charge in [0.25, 0.3) is 5.54 Å². The molecule has 0 spiro atoms. The van der Waals surface area contributed by atoms with Crippen LogP contribution in [0.15, 0.2) is 10.2 Å². The van der Waals surface area contributed by atoms with E-state index in [9.17, 15) is 14.4 Å². The maximum absolute atomic E-state index is 13.1. The number of azo groups is 1. The van der Waals surface area contributed by atoms with Gasteiger partial charge in [-0.2, -0.15) is 5.11 Å². The Morgan fingerprint density at radius 3 is 2.70 bits per heavy atom. The molecule has 0 radical (unpaired) electrons. The highest BCUT2D eigenvalue weighted by molar-refractivity contribution is 7.16. The Morgan fingerprint density at radius 1 is 1.26 bits per heavy atom. The summed E-state index contributed by atoms with van der Waals surface area (Å²) >= 11 is 1.45. The maximum Gasteiger partial charge on any atom is 0.352 e. The molecular weight excluding hydrogens is 316 g/mol. The van der Waals surface area contributed by atoms with E-state index in [-0.39, 0.29) is 6.61 Å². The van der Waals surface area contributed by atoms with Gasteiger partial charge < -0.3 is 4.74 Å². The van der Waals surface area contributed by atoms with Crippen LogP contribution in [-0.2, 0) is 27.2 Å². The van der Waals surface area contributed by atoms with Gasteiger partial charge in [-0.05, 0) is 45.1 Å². The van der Waals surface area contributed by atoms with Crippen LogP contribution in [0.1, 0.15) is 53.9 Å². The minimum atomic E-state index is -2.16. The fourth-order valence-corrected chi connectivity index (χ4v) is 4.33. The zero-order valence-corrected chi connectivity index (χ0v) is 14.0. The second-order valence-corrected chi connectivity index (χ2v) is 6.84. The lowest BCUT2D eigenvalue weighted by atomic mass is 9.84. The highest BCUT2D eigenvalue weighted by atomic mass is 32.1. The number of nitrogens with zero attached hydrogens (tertiary/aromatic N) is 2. The third-order valence-electron chi connectivity index (χ3n) is 4.33. The first kappa shape index (κ1) is 16.0. The van der Waals surface area contributed by atoms with Crippen LogP contribution < -0.4 is 0 Å². The van der Waals surface area contributed by atoms with Crippen molar-refractivity contribution in [2.24, 2.45) is 10.2 Å². The molecule has 0 bridgehead atoms. The molecular formula is C16H18N2O4S. The van der Waals surface area contributed by atoms with Gasteiger partial charge in [-0.15, -0.1) is 16.5 Å². The number of carbonyl (C=O) groups is 3. The Hall–Kier alpha value is -1.89. The summed E-state index contributed by atoms with van der Waals surface area (Å²) < 4.78 is 4.95. The average molecular weight is 334 g/mol. The third-order valence-corrected chi connectivity index (χ3v) is 5.51. The van der Waals surface area contributed by atoms with E-state index in [0.717, 1.165) is 42.5 Å². The van der Waals surface area contributed by atoms with Gasteiger partial charge in [0.05, 0.1) is 12.2 Å². The average Bonchev–Trinajstić information content (AvgIpc) is 2.70. The van der Waals surface area contributed by atoms with Crippen LogP contribution in [0.4, 0.5) is 5.00 Å². The van der Waals surface area contributed by atoms with Crippen LogP contribution in [0.5, 0.6) is 0 Å². The highest BCUT2D eigenvalue weighted by Gasteiger charge is 2.56. The van der Waals surface area contributed by atoms with Gasteiger partial charge in [0.1, 0.15) is 5.00 Å². The molecule has 1 aromatic heterocycles. The molecule has 0 N–H and O–H groups in total. The first-order chi connectivity index (χ1) is 11.0. The van der Waals surface area contributed by atoms with E-state index < -0.39 is 23.1 Å². The monoisotopic (exact) mass is 334 g/mol. The zero-order valence-electron chi connectivity index (χ0n) is 13.2. The molecule has 1 aromatic rings. The number of fused-ring (bicyclic) bond motifs is 3. The Morgan fingerprint density at radius 2 is 2.00 bits per heavy atom. The summed E-state index contributed by atoms with van der Waals surface area (Å²) in [5, 5.41) is 8.41. The van der Waals surface area contributed by atoms with Crippen molar-refractivity contribution in [2.75, 3.05) is 6.61 Å². The van der Waals surface area contributed by atoms with Gasteiger partial charge in [-0.25, -0.2) is 4.79 Å². The molecule has 1 aliphatic carbocycles. The number of hydrogen-bond donors (Lipinski definition) is 0. The minimum absolute atomic E-state index is 0.0747. The molecule has 122 valence electrons. The Bertz CT molecular complexity index is 722. The first-order valence-electron chi connectivity index (χ1n) is 7.82. The molecule has 6 nitrogen and oxygen atoms in total. The predicted octanol–water partition coefficient (Wildman–Crippen LogP) is 3.19. The van der Waals surface area contributed by atoms with Gasteiger partial charge in [0.15, 0.2) is 5.78 Å². The summed E-state index contributed by atoms with van der Waals surface area (Å²) in [5.74, 6) is -2.16. The topological polar surface area (TPSA) is 85.2 Å². The molecule has 1 unspecified atom stereocenters. The lowest BCUT2D eigenvalue weighted by molar-refractivity contribution is -0.150. The Balaban J connectivity index is 2.13. The van der Waals surface area contributed by atoms with E-state index in [1.807, 2.05) is 0 Å². The number of rotatable bonds is 3. The summed E-state index contributed by atoms with van der Waals surface area (Å²) in [6.45, 7) is 2.88. The number of ether oxygens (including phenoxy) is 1. The van der Waals surface area contributed by atoms with Crippen molar-refractivity contribution in [2.45, 2.75) is 51.5 Å². The molecule has 3 rings (SSSR count). The smallest absolute Gasteiger partial charge is 0.352 e. The zero-order chi connectivity index (χ0) is 16.6. The summed E-state index contributed by atoms with van der Waals surface area (Å²) in [6.07, 6.45) is 4.86. The van der Waals surface area contributed by atoms with Crippen LogP contribution in [0.3, 0.4) is 0 Å². The summed E-state index contributed by atoms with van der Waals surface area (Å²) in [4.78, 5) is 38.7. The summed E-state index contributed by atoms with van der Waals surface area (Å²) in [5.41, 5.74) is -0.810. The molecule has 0 fully saturated rings.